The van der Waals surface area contributed by atoms with Gasteiger partial charge in [0.25, 0.3) is 0 Å². The molecule has 2 atom stereocenters. The number of hydrogen-bond donors (Lipinski definition) is 6. The standard InChI is InChI=1S/C44H71N3O17.CH4/c1-2-3-7-34(48)28-46-41(54)30-64-25-23-61-20-5-8-35(49)29-63-24-22-62-21-6-9-37(50)36(17-19-43(57)58)47-40(53)18-16-33(44(59)60)26-38(51)32-14-12-31(13-15-32)27-45-39(52)10-4-11-42(55)56;/h31-33,36H,2-30H2,1H3,(H,45,52)(H,46,54)(H,47,53)(H,55,56)(H,57,58)(H,59,60);1H4. The molecule has 6 N–H and O–H groups in total. The zero-order valence-electron chi connectivity index (χ0n) is 37.4. The van der Waals surface area contributed by atoms with Gasteiger partial charge in [0.05, 0.1) is 44.9 Å². The van der Waals surface area contributed by atoms with Gasteiger partial charge in [-0.2, -0.15) is 0 Å². The monoisotopic (exact) mass is 930 g/mol. The highest BCUT2D eigenvalue weighted by Gasteiger charge is 2.31. The number of unbranched alkanes of at least 4 members (excludes halogenated alkanes) is 1. The van der Waals surface area contributed by atoms with Gasteiger partial charge in [-0.3, -0.25) is 47.9 Å². The van der Waals surface area contributed by atoms with Gasteiger partial charge in [-0.15, -0.1) is 0 Å². The third-order valence-electron chi connectivity index (χ3n) is 10.6. The normalized spacial score (nSPS) is 15.4. The van der Waals surface area contributed by atoms with Crippen LogP contribution in [-0.4, -0.2) is 146 Å². The van der Waals surface area contributed by atoms with Gasteiger partial charge in [-0.1, -0.05) is 20.8 Å². The Bertz CT molecular complexity index is 1480. The molecular weight excluding hydrogens is 854 g/mol. The number of rotatable bonds is 41. The van der Waals surface area contributed by atoms with Gasteiger partial charge in [0.15, 0.2) is 17.3 Å². The number of aliphatic carboxylic acids is 3. The lowest BCUT2D eigenvalue weighted by molar-refractivity contribution is -0.145. The van der Waals surface area contributed by atoms with E-state index in [0.29, 0.717) is 51.7 Å². The quantitative estimate of drug-likeness (QED) is 0.0480. The van der Waals surface area contributed by atoms with E-state index >= 15 is 0 Å². The van der Waals surface area contributed by atoms with E-state index in [1.165, 1.54) is 0 Å². The average molecular weight is 930 g/mol. The molecule has 20 heteroatoms. The first-order valence-corrected chi connectivity index (χ1v) is 22.5. The SMILES string of the molecule is C.CCCCC(=O)CNC(=O)COCCOCCCC(=O)COCCOCCCC(=O)C(CCC(=O)O)NC(=O)CCC(CC(=O)C1CCC(CNC(=O)CCCC(=O)O)CC1)C(=O)O. The van der Waals surface area contributed by atoms with Crippen LogP contribution in [0.5, 0.6) is 0 Å². The molecule has 0 saturated heterocycles. The maximum absolute atomic E-state index is 13.0. The largest absolute Gasteiger partial charge is 0.481 e. The number of carboxylic acid groups (broad SMARTS) is 3. The third kappa shape index (κ3) is 32.6. The molecule has 1 rings (SSSR count). The topological polar surface area (TPSA) is 304 Å². The molecule has 372 valence electrons. The first-order valence-electron chi connectivity index (χ1n) is 22.5. The number of nitrogens with one attached hydrogen (secondary N) is 3. The van der Waals surface area contributed by atoms with Crippen molar-refractivity contribution in [1.29, 1.82) is 0 Å². The summed E-state index contributed by atoms with van der Waals surface area (Å²) < 4.78 is 21.4. The first-order chi connectivity index (χ1) is 30.6. The molecule has 0 aromatic carbocycles. The fourth-order valence-electron chi connectivity index (χ4n) is 6.78. The number of Topliss-reactive ketones (excluding diaryl/α,β-unsaturated/α-hetero) is 4. The number of amides is 3. The maximum atomic E-state index is 13.0. The number of ketones is 4. The maximum Gasteiger partial charge on any atom is 0.306 e. The second kappa shape index (κ2) is 37.5. The van der Waals surface area contributed by atoms with Crippen LogP contribution in [0.25, 0.3) is 0 Å². The van der Waals surface area contributed by atoms with E-state index in [2.05, 4.69) is 16.0 Å². The molecule has 0 aromatic rings. The van der Waals surface area contributed by atoms with E-state index in [0.717, 1.165) is 12.8 Å². The Hall–Kier alpha value is -4.66. The molecule has 2 unspecified atom stereocenters. The summed E-state index contributed by atoms with van der Waals surface area (Å²) in [5.41, 5.74) is 0. The fraction of sp³-hybridized carbons (Fsp3) is 0.778. The molecule has 1 fully saturated rings. The van der Waals surface area contributed by atoms with Crippen LogP contribution in [0, 0.1) is 17.8 Å². The summed E-state index contributed by atoms with van der Waals surface area (Å²) in [7, 11) is 0. The summed E-state index contributed by atoms with van der Waals surface area (Å²) >= 11 is 0. The Morgan fingerprint density at radius 2 is 1.17 bits per heavy atom. The first kappa shape index (κ1) is 60.3. The lowest BCUT2D eigenvalue weighted by Crippen LogP contribution is -2.41. The molecular formula is C45H75N3O17. The lowest BCUT2D eigenvalue weighted by atomic mass is 9.78. The van der Waals surface area contributed by atoms with Crippen LogP contribution >= 0.6 is 0 Å². The molecule has 1 aliphatic carbocycles. The van der Waals surface area contributed by atoms with E-state index in [1.54, 1.807) is 0 Å². The van der Waals surface area contributed by atoms with Crippen molar-refractivity contribution >= 4 is 58.8 Å². The third-order valence-corrected chi connectivity index (χ3v) is 10.6. The summed E-state index contributed by atoms with van der Waals surface area (Å²) in [6.45, 7) is 3.31. The molecule has 0 aromatic heterocycles. The van der Waals surface area contributed by atoms with Crippen molar-refractivity contribution in [3.8, 4) is 0 Å². The van der Waals surface area contributed by atoms with E-state index in [9.17, 15) is 58.2 Å². The number of carbonyl (C=O) groups excluding carboxylic acids is 7. The highest BCUT2D eigenvalue weighted by atomic mass is 16.5. The summed E-state index contributed by atoms with van der Waals surface area (Å²) in [6.07, 6.45) is 4.52. The van der Waals surface area contributed by atoms with Crippen LogP contribution < -0.4 is 16.0 Å². The smallest absolute Gasteiger partial charge is 0.306 e. The number of ether oxygens (including phenoxy) is 4. The van der Waals surface area contributed by atoms with Gasteiger partial charge < -0.3 is 50.2 Å². The van der Waals surface area contributed by atoms with Crippen molar-refractivity contribution in [2.45, 2.75) is 142 Å². The van der Waals surface area contributed by atoms with Crippen LogP contribution in [0.15, 0.2) is 0 Å². The van der Waals surface area contributed by atoms with Gasteiger partial charge in [0, 0.05) is 77.0 Å². The minimum Gasteiger partial charge on any atom is -0.481 e. The Morgan fingerprint density at radius 3 is 1.78 bits per heavy atom. The van der Waals surface area contributed by atoms with Crippen LogP contribution in [-0.2, 0) is 66.9 Å². The number of carbonyl (C=O) groups is 10. The predicted octanol–water partition coefficient (Wildman–Crippen LogP) is 3.23. The van der Waals surface area contributed by atoms with Crippen molar-refractivity contribution in [1.82, 2.24) is 16.0 Å². The average Bonchev–Trinajstić information content (AvgIpc) is 3.25. The fourth-order valence-corrected chi connectivity index (χ4v) is 6.78. The number of carboxylic acids is 3. The predicted molar refractivity (Wildman–Crippen MR) is 235 cm³/mol. The minimum absolute atomic E-state index is 0. The lowest BCUT2D eigenvalue weighted by Gasteiger charge is -2.28. The van der Waals surface area contributed by atoms with Crippen molar-refractivity contribution in [3.63, 3.8) is 0 Å². The zero-order chi connectivity index (χ0) is 47.5. The van der Waals surface area contributed by atoms with Crippen molar-refractivity contribution in [3.05, 3.63) is 0 Å². The van der Waals surface area contributed by atoms with E-state index in [1.807, 2.05) is 6.92 Å². The Morgan fingerprint density at radius 1 is 0.569 bits per heavy atom. The van der Waals surface area contributed by atoms with E-state index in [-0.39, 0.29) is 172 Å². The van der Waals surface area contributed by atoms with Gasteiger partial charge in [0.2, 0.25) is 17.7 Å². The van der Waals surface area contributed by atoms with Gasteiger partial charge in [-0.25, -0.2) is 0 Å². The minimum atomic E-state index is -1.23. The summed E-state index contributed by atoms with van der Waals surface area (Å²) in [4.78, 5) is 120. The molecule has 65 heavy (non-hydrogen) atoms. The summed E-state index contributed by atoms with van der Waals surface area (Å²) in [6, 6.07) is -1.11. The van der Waals surface area contributed by atoms with Gasteiger partial charge in [0.1, 0.15) is 19.0 Å². The van der Waals surface area contributed by atoms with Crippen molar-refractivity contribution in [2.24, 2.45) is 17.8 Å². The molecule has 1 aliphatic rings. The van der Waals surface area contributed by atoms with E-state index < -0.39 is 41.6 Å². The zero-order valence-corrected chi connectivity index (χ0v) is 37.4. The molecule has 1 saturated carbocycles. The van der Waals surface area contributed by atoms with Crippen molar-refractivity contribution < 1.29 is 82.2 Å². The Kier molecular flexibility index (Phi) is 34.9. The molecule has 0 bridgehead atoms. The van der Waals surface area contributed by atoms with E-state index in [4.69, 9.17) is 24.1 Å². The second-order valence-electron chi connectivity index (χ2n) is 16.0. The Labute approximate surface area is 382 Å². The number of hydrogen-bond acceptors (Lipinski definition) is 14. The van der Waals surface area contributed by atoms with Gasteiger partial charge >= 0.3 is 17.9 Å². The van der Waals surface area contributed by atoms with Crippen LogP contribution in [0.4, 0.5) is 0 Å². The molecule has 0 heterocycles. The molecule has 0 spiro atoms. The van der Waals surface area contributed by atoms with Crippen molar-refractivity contribution in [2.75, 3.05) is 65.9 Å². The second-order valence-corrected chi connectivity index (χ2v) is 16.0. The Balaban J connectivity index is 0.0000410. The molecule has 0 aliphatic heterocycles. The highest BCUT2D eigenvalue weighted by molar-refractivity contribution is 5.90. The molecule has 3 amide bonds. The van der Waals surface area contributed by atoms with Crippen LogP contribution in [0.1, 0.15) is 136 Å². The van der Waals surface area contributed by atoms with Crippen LogP contribution in [0.2, 0.25) is 0 Å². The molecule has 0 radical (unpaired) electrons. The van der Waals surface area contributed by atoms with Crippen LogP contribution in [0.3, 0.4) is 0 Å². The summed E-state index contributed by atoms with van der Waals surface area (Å²) in [5.74, 6) is -6.68. The van der Waals surface area contributed by atoms with Gasteiger partial charge in [-0.05, 0) is 70.1 Å². The highest BCUT2D eigenvalue weighted by Crippen LogP contribution is 2.31. The molecule has 20 nitrogen and oxygen atoms in total. The summed E-state index contributed by atoms with van der Waals surface area (Å²) in [5, 5.41) is 35.5.